The highest BCUT2D eigenvalue weighted by molar-refractivity contribution is 5.91. The summed E-state index contributed by atoms with van der Waals surface area (Å²) < 4.78 is 0. The van der Waals surface area contributed by atoms with Gasteiger partial charge in [0.05, 0.1) is 11.6 Å². The average molecular weight is 306 g/mol. The van der Waals surface area contributed by atoms with Crippen molar-refractivity contribution in [3.63, 3.8) is 0 Å². The van der Waals surface area contributed by atoms with E-state index in [9.17, 15) is 5.11 Å². The summed E-state index contributed by atoms with van der Waals surface area (Å²) in [5.74, 6) is 1.57. The van der Waals surface area contributed by atoms with Crippen LogP contribution in [0.25, 0.3) is 22.3 Å². The number of benzene rings is 1. The highest BCUT2D eigenvalue weighted by Gasteiger charge is 2.21. The fraction of sp³-hybridized carbons (Fsp3) is 0.278. The lowest BCUT2D eigenvalue weighted by Gasteiger charge is -2.31. The zero-order valence-corrected chi connectivity index (χ0v) is 12.8. The number of nitrogens with zero attached hydrogens (tertiary/aromatic N) is 4. The Balaban J connectivity index is 1.87. The van der Waals surface area contributed by atoms with E-state index in [1.165, 1.54) is 0 Å². The lowest BCUT2D eigenvalue weighted by Crippen LogP contribution is -2.38. The number of piperidine rings is 1. The lowest BCUT2D eigenvalue weighted by molar-refractivity contribution is 0.154. The summed E-state index contributed by atoms with van der Waals surface area (Å²) in [5.41, 5.74) is 1.81. The maximum absolute atomic E-state index is 10.0. The van der Waals surface area contributed by atoms with Gasteiger partial charge in [-0.15, -0.1) is 0 Å². The van der Waals surface area contributed by atoms with E-state index >= 15 is 0 Å². The third-order valence-electron chi connectivity index (χ3n) is 4.20. The molecule has 1 aliphatic heterocycles. The Hall–Kier alpha value is -2.53. The van der Waals surface area contributed by atoms with Gasteiger partial charge >= 0.3 is 0 Å². The molecule has 0 unspecified atom stereocenters. The number of fused-ring (bicyclic) bond motifs is 1. The van der Waals surface area contributed by atoms with Crippen molar-refractivity contribution in [1.29, 1.82) is 0 Å². The van der Waals surface area contributed by atoms with Gasteiger partial charge in [-0.25, -0.2) is 9.97 Å². The number of pyridine rings is 1. The van der Waals surface area contributed by atoms with Gasteiger partial charge in [-0.2, -0.15) is 0 Å². The number of para-hydroxylation sites is 1. The molecule has 0 radical (unpaired) electrons. The Labute approximate surface area is 134 Å². The molecule has 1 aliphatic rings. The van der Waals surface area contributed by atoms with Crippen LogP contribution in [0.4, 0.5) is 5.82 Å². The Kier molecular flexibility index (Phi) is 3.63. The molecule has 1 fully saturated rings. The molecule has 23 heavy (non-hydrogen) atoms. The predicted octanol–water partition coefficient (Wildman–Crippen LogP) is 2.65. The maximum Gasteiger partial charge on any atom is 0.163 e. The van der Waals surface area contributed by atoms with Crippen molar-refractivity contribution in [3.8, 4) is 11.4 Å². The Morgan fingerprint density at radius 2 is 2.00 bits per heavy atom. The summed E-state index contributed by atoms with van der Waals surface area (Å²) in [6.07, 6.45) is 5.06. The molecule has 0 bridgehead atoms. The summed E-state index contributed by atoms with van der Waals surface area (Å²) >= 11 is 0. The third kappa shape index (κ3) is 2.75. The van der Waals surface area contributed by atoms with Crippen LogP contribution in [0, 0.1) is 0 Å². The van der Waals surface area contributed by atoms with E-state index in [-0.39, 0.29) is 6.10 Å². The van der Waals surface area contributed by atoms with Crippen LogP contribution in [0.1, 0.15) is 12.8 Å². The van der Waals surface area contributed by atoms with Gasteiger partial charge in [0.2, 0.25) is 0 Å². The Bertz CT molecular complexity index is 822. The van der Waals surface area contributed by atoms with Crippen LogP contribution in [-0.2, 0) is 0 Å². The molecule has 3 aromatic rings. The zero-order valence-electron chi connectivity index (χ0n) is 12.8. The van der Waals surface area contributed by atoms with Crippen molar-refractivity contribution < 1.29 is 5.11 Å². The van der Waals surface area contributed by atoms with Gasteiger partial charge in [-0.3, -0.25) is 4.98 Å². The molecule has 0 aliphatic carbocycles. The van der Waals surface area contributed by atoms with Crippen LogP contribution < -0.4 is 4.90 Å². The summed E-state index contributed by atoms with van der Waals surface area (Å²) in [5, 5.41) is 11.0. The minimum atomic E-state index is -0.292. The molecule has 1 atom stereocenters. The largest absolute Gasteiger partial charge is 0.391 e. The Morgan fingerprint density at radius 1 is 1.09 bits per heavy atom. The molecule has 4 rings (SSSR count). The van der Waals surface area contributed by atoms with E-state index < -0.39 is 0 Å². The van der Waals surface area contributed by atoms with E-state index in [2.05, 4.69) is 14.9 Å². The van der Waals surface area contributed by atoms with Gasteiger partial charge in [0.15, 0.2) is 5.82 Å². The second-order valence-corrected chi connectivity index (χ2v) is 5.87. The smallest absolute Gasteiger partial charge is 0.163 e. The fourth-order valence-electron chi connectivity index (χ4n) is 3.07. The fourth-order valence-corrected chi connectivity index (χ4v) is 3.07. The van der Waals surface area contributed by atoms with Crippen molar-refractivity contribution in [1.82, 2.24) is 15.0 Å². The van der Waals surface area contributed by atoms with Crippen molar-refractivity contribution >= 4 is 16.7 Å². The number of rotatable bonds is 2. The van der Waals surface area contributed by atoms with Crippen LogP contribution in [0.5, 0.6) is 0 Å². The van der Waals surface area contributed by atoms with Crippen molar-refractivity contribution in [2.45, 2.75) is 18.9 Å². The molecule has 3 heterocycles. The number of hydrogen-bond acceptors (Lipinski definition) is 5. The number of hydrogen-bond donors (Lipinski definition) is 1. The highest BCUT2D eigenvalue weighted by Crippen LogP contribution is 2.29. The number of anilines is 1. The van der Waals surface area contributed by atoms with Gasteiger partial charge < -0.3 is 10.0 Å². The summed E-state index contributed by atoms with van der Waals surface area (Å²) in [6, 6.07) is 11.9. The van der Waals surface area contributed by atoms with Crippen LogP contribution in [0.3, 0.4) is 0 Å². The topological polar surface area (TPSA) is 62.1 Å². The van der Waals surface area contributed by atoms with E-state index in [1.807, 2.05) is 36.4 Å². The summed E-state index contributed by atoms with van der Waals surface area (Å²) in [4.78, 5) is 15.8. The molecular formula is C18H18N4O. The average Bonchev–Trinajstić information content (AvgIpc) is 2.61. The minimum absolute atomic E-state index is 0.292. The monoisotopic (exact) mass is 306 g/mol. The molecule has 1 N–H and O–H groups in total. The van der Waals surface area contributed by atoms with Crippen molar-refractivity contribution in [2.75, 3.05) is 18.0 Å². The van der Waals surface area contributed by atoms with Gasteiger partial charge in [0.1, 0.15) is 5.82 Å². The number of aromatic nitrogens is 3. The van der Waals surface area contributed by atoms with E-state index in [0.717, 1.165) is 41.7 Å². The number of β-amino-alcohol motifs (C(OH)–C–C–N with tert-alkyl or cyclic N) is 1. The molecule has 1 saturated heterocycles. The van der Waals surface area contributed by atoms with Crippen LogP contribution >= 0.6 is 0 Å². The van der Waals surface area contributed by atoms with Crippen molar-refractivity contribution in [3.05, 3.63) is 48.8 Å². The molecule has 1 aromatic carbocycles. The first-order chi connectivity index (χ1) is 11.3. The SMILES string of the molecule is O[C@H]1CCCN(c2nc(-c3cccnc3)nc3ccccc23)C1. The van der Waals surface area contributed by atoms with Crippen LogP contribution in [0.2, 0.25) is 0 Å². The van der Waals surface area contributed by atoms with Crippen LogP contribution in [-0.4, -0.2) is 39.3 Å². The molecule has 5 heteroatoms. The second-order valence-electron chi connectivity index (χ2n) is 5.87. The lowest BCUT2D eigenvalue weighted by atomic mass is 10.1. The van der Waals surface area contributed by atoms with Gasteiger partial charge in [0.25, 0.3) is 0 Å². The van der Waals surface area contributed by atoms with E-state index in [4.69, 9.17) is 4.98 Å². The predicted molar refractivity (Wildman–Crippen MR) is 90.2 cm³/mol. The third-order valence-corrected chi connectivity index (χ3v) is 4.20. The summed E-state index contributed by atoms with van der Waals surface area (Å²) in [6.45, 7) is 1.53. The van der Waals surface area contributed by atoms with Gasteiger partial charge in [0, 0.05) is 36.4 Å². The zero-order chi connectivity index (χ0) is 15.6. The number of aliphatic hydroxyl groups excluding tert-OH is 1. The standard InChI is InChI=1S/C18H18N4O/c23-14-6-4-10-22(12-14)18-15-7-1-2-8-16(15)20-17(21-18)13-5-3-9-19-11-13/h1-3,5,7-9,11,14,23H,4,6,10,12H2/t14-/m0/s1. The first-order valence-electron chi connectivity index (χ1n) is 7.91. The molecule has 0 spiro atoms. The molecular weight excluding hydrogens is 288 g/mol. The molecule has 5 nitrogen and oxygen atoms in total. The van der Waals surface area contributed by atoms with Gasteiger partial charge in [-0.1, -0.05) is 12.1 Å². The van der Waals surface area contributed by atoms with E-state index in [0.29, 0.717) is 12.4 Å². The van der Waals surface area contributed by atoms with Gasteiger partial charge in [-0.05, 0) is 37.1 Å². The Morgan fingerprint density at radius 3 is 2.83 bits per heavy atom. The maximum atomic E-state index is 10.0. The molecule has 0 amide bonds. The normalized spacial score (nSPS) is 18.3. The van der Waals surface area contributed by atoms with Crippen molar-refractivity contribution in [2.24, 2.45) is 0 Å². The minimum Gasteiger partial charge on any atom is -0.391 e. The molecule has 116 valence electrons. The highest BCUT2D eigenvalue weighted by atomic mass is 16.3. The quantitative estimate of drug-likeness (QED) is 0.788. The number of aliphatic hydroxyl groups is 1. The second kappa shape index (κ2) is 5.93. The van der Waals surface area contributed by atoms with E-state index in [1.54, 1.807) is 12.4 Å². The first-order valence-corrected chi connectivity index (χ1v) is 7.91. The molecule has 0 saturated carbocycles. The first kappa shape index (κ1) is 14.1. The molecule has 2 aromatic heterocycles. The summed E-state index contributed by atoms with van der Waals surface area (Å²) in [7, 11) is 0. The van der Waals surface area contributed by atoms with Crippen LogP contribution in [0.15, 0.2) is 48.8 Å².